The van der Waals surface area contributed by atoms with E-state index in [4.69, 9.17) is 0 Å². The first-order valence-corrected chi connectivity index (χ1v) is 5.99. The first kappa shape index (κ1) is 13.5. The van der Waals surface area contributed by atoms with Gasteiger partial charge >= 0.3 is 0 Å². The fourth-order valence-corrected chi connectivity index (χ4v) is 1.70. The molecule has 0 aromatic heterocycles. The SMILES string of the molecule is O=C(Cc1ccccc1)NNc1ccccc1[N+](=O)[O-]. The molecule has 2 N–H and O–H groups in total. The van der Waals surface area contributed by atoms with Crippen molar-refractivity contribution in [3.05, 3.63) is 70.3 Å². The summed E-state index contributed by atoms with van der Waals surface area (Å²) in [5, 5.41) is 10.8. The summed E-state index contributed by atoms with van der Waals surface area (Å²) in [6.45, 7) is 0. The smallest absolute Gasteiger partial charge is 0.292 e. The summed E-state index contributed by atoms with van der Waals surface area (Å²) in [4.78, 5) is 22.0. The number of hydrazine groups is 1. The molecule has 0 spiro atoms. The van der Waals surface area contributed by atoms with Crippen LogP contribution in [0.4, 0.5) is 11.4 Å². The van der Waals surface area contributed by atoms with Crippen molar-refractivity contribution < 1.29 is 9.72 Å². The minimum absolute atomic E-state index is 0.0903. The summed E-state index contributed by atoms with van der Waals surface area (Å²) in [5.41, 5.74) is 6.05. The van der Waals surface area contributed by atoms with Crippen molar-refractivity contribution in [2.24, 2.45) is 0 Å². The van der Waals surface area contributed by atoms with Gasteiger partial charge in [-0.25, -0.2) is 0 Å². The predicted molar refractivity (Wildman–Crippen MR) is 75.0 cm³/mol. The van der Waals surface area contributed by atoms with Crippen LogP contribution >= 0.6 is 0 Å². The molecular weight excluding hydrogens is 258 g/mol. The molecule has 0 fully saturated rings. The van der Waals surface area contributed by atoms with E-state index in [2.05, 4.69) is 10.9 Å². The first-order valence-electron chi connectivity index (χ1n) is 5.99. The lowest BCUT2D eigenvalue weighted by Crippen LogP contribution is -2.31. The summed E-state index contributed by atoms with van der Waals surface area (Å²) in [7, 11) is 0. The molecule has 6 heteroatoms. The largest absolute Gasteiger partial charge is 0.294 e. The number of rotatable bonds is 5. The number of nitro benzene ring substituents is 1. The van der Waals surface area contributed by atoms with Crippen molar-refractivity contribution in [3.63, 3.8) is 0 Å². The van der Waals surface area contributed by atoms with Gasteiger partial charge in [0.25, 0.3) is 5.69 Å². The van der Waals surface area contributed by atoms with Gasteiger partial charge in [-0.2, -0.15) is 0 Å². The van der Waals surface area contributed by atoms with Gasteiger partial charge in [-0.1, -0.05) is 42.5 Å². The molecule has 0 unspecified atom stereocenters. The first-order chi connectivity index (χ1) is 9.66. The molecule has 1 amide bonds. The number of anilines is 1. The third-order valence-electron chi connectivity index (χ3n) is 2.64. The molecule has 2 aromatic rings. The summed E-state index contributed by atoms with van der Waals surface area (Å²) in [5.74, 6) is -0.269. The molecule has 2 rings (SSSR count). The van der Waals surface area contributed by atoms with Crippen LogP contribution in [0.1, 0.15) is 5.56 Å². The molecule has 0 saturated heterocycles. The van der Waals surface area contributed by atoms with Gasteiger partial charge in [-0.15, -0.1) is 0 Å². The minimum atomic E-state index is -0.508. The maximum absolute atomic E-state index is 11.7. The molecule has 2 aromatic carbocycles. The normalized spacial score (nSPS) is 9.80. The molecule has 102 valence electrons. The maximum atomic E-state index is 11.7. The lowest BCUT2D eigenvalue weighted by atomic mass is 10.1. The number of amides is 1. The number of benzene rings is 2. The maximum Gasteiger partial charge on any atom is 0.294 e. The number of carbonyl (C=O) groups is 1. The van der Waals surface area contributed by atoms with Crippen LogP contribution in [0.3, 0.4) is 0 Å². The Labute approximate surface area is 115 Å². The second kappa shape index (κ2) is 6.33. The Hall–Kier alpha value is -2.89. The van der Waals surface area contributed by atoms with Crippen molar-refractivity contribution in [2.45, 2.75) is 6.42 Å². The Morgan fingerprint density at radius 3 is 2.40 bits per heavy atom. The minimum Gasteiger partial charge on any atom is -0.292 e. The van der Waals surface area contributed by atoms with Crippen LogP contribution in [-0.2, 0) is 11.2 Å². The van der Waals surface area contributed by atoms with Crippen LogP contribution in [-0.4, -0.2) is 10.8 Å². The fraction of sp³-hybridized carbons (Fsp3) is 0.0714. The average molecular weight is 271 g/mol. The zero-order valence-electron chi connectivity index (χ0n) is 10.6. The Morgan fingerprint density at radius 1 is 1.05 bits per heavy atom. The van der Waals surface area contributed by atoms with E-state index in [0.29, 0.717) is 0 Å². The highest BCUT2D eigenvalue weighted by Crippen LogP contribution is 2.22. The molecule has 0 atom stereocenters. The molecular formula is C14H13N3O3. The lowest BCUT2D eigenvalue weighted by molar-refractivity contribution is -0.384. The van der Waals surface area contributed by atoms with Crippen molar-refractivity contribution in [1.29, 1.82) is 0 Å². The highest BCUT2D eigenvalue weighted by atomic mass is 16.6. The quantitative estimate of drug-likeness (QED) is 0.645. The van der Waals surface area contributed by atoms with E-state index in [9.17, 15) is 14.9 Å². The van der Waals surface area contributed by atoms with E-state index in [0.717, 1.165) is 5.56 Å². The van der Waals surface area contributed by atoms with Crippen LogP contribution in [0.25, 0.3) is 0 Å². The van der Waals surface area contributed by atoms with E-state index in [1.165, 1.54) is 12.1 Å². The summed E-state index contributed by atoms with van der Waals surface area (Å²) >= 11 is 0. The highest BCUT2D eigenvalue weighted by molar-refractivity contribution is 5.80. The van der Waals surface area contributed by atoms with Crippen molar-refractivity contribution >= 4 is 17.3 Å². The summed E-state index contributed by atoms with van der Waals surface area (Å²) in [6.07, 6.45) is 0.203. The second-order valence-corrected chi connectivity index (χ2v) is 4.11. The lowest BCUT2D eigenvalue weighted by Gasteiger charge is -2.08. The van der Waals surface area contributed by atoms with Gasteiger partial charge in [0.1, 0.15) is 5.69 Å². The fourth-order valence-electron chi connectivity index (χ4n) is 1.70. The Kier molecular flexibility index (Phi) is 4.28. The zero-order chi connectivity index (χ0) is 14.4. The number of para-hydroxylation sites is 2. The van der Waals surface area contributed by atoms with E-state index in [1.54, 1.807) is 12.1 Å². The van der Waals surface area contributed by atoms with Gasteiger partial charge < -0.3 is 0 Å². The van der Waals surface area contributed by atoms with Crippen LogP contribution < -0.4 is 10.9 Å². The molecule has 0 saturated carbocycles. The molecule has 0 aliphatic rings. The number of hydrogen-bond donors (Lipinski definition) is 2. The molecule has 0 radical (unpaired) electrons. The highest BCUT2D eigenvalue weighted by Gasteiger charge is 2.12. The molecule has 20 heavy (non-hydrogen) atoms. The second-order valence-electron chi connectivity index (χ2n) is 4.11. The van der Waals surface area contributed by atoms with Gasteiger partial charge in [-0.3, -0.25) is 25.8 Å². The van der Waals surface area contributed by atoms with Crippen LogP contribution in [0.5, 0.6) is 0 Å². The van der Waals surface area contributed by atoms with Crippen molar-refractivity contribution in [2.75, 3.05) is 5.43 Å². The topological polar surface area (TPSA) is 84.3 Å². The van der Waals surface area contributed by atoms with E-state index >= 15 is 0 Å². The van der Waals surface area contributed by atoms with E-state index < -0.39 is 4.92 Å². The number of nitrogens with one attached hydrogen (secondary N) is 2. The summed E-state index contributed by atoms with van der Waals surface area (Å²) < 4.78 is 0. The van der Waals surface area contributed by atoms with Gasteiger partial charge in [0, 0.05) is 6.07 Å². The van der Waals surface area contributed by atoms with E-state index in [1.807, 2.05) is 30.3 Å². The van der Waals surface area contributed by atoms with E-state index in [-0.39, 0.29) is 23.7 Å². The van der Waals surface area contributed by atoms with Crippen LogP contribution in [0, 0.1) is 10.1 Å². The molecule has 0 aliphatic carbocycles. The monoisotopic (exact) mass is 271 g/mol. The number of carbonyl (C=O) groups excluding carboxylic acids is 1. The third-order valence-corrected chi connectivity index (χ3v) is 2.64. The molecule has 0 heterocycles. The van der Waals surface area contributed by atoms with Gasteiger partial charge in [0.05, 0.1) is 11.3 Å². The Balaban J connectivity index is 1.96. The third kappa shape index (κ3) is 3.55. The standard InChI is InChI=1S/C14H13N3O3/c18-14(10-11-6-2-1-3-7-11)16-15-12-8-4-5-9-13(12)17(19)20/h1-9,15H,10H2,(H,16,18). The number of nitro groups is 1. The van der Waals surface area contributed by atoms with Crippen LogP contribution in [0.2, 0.25) is 0 Å². The zero-order valence-corrected chi connectivity index (χ0v) is 10.6. The van der Waals surface area contributed by atoms with Crippen LogP contribution in [0.15, 0.2) is 54.6 Å². The number of nitrogens with zero attached hydrogens (tertiary/aromatic N) is 1. The predicted octanol–water partition coefficient (Wildman–Crippen LogP) is 2.28. The summed E-state index contributed by atoms with van der Waals surface area (Å²) in [6, 6.07) is 15.3. The van der Waals surface area contributed by atoms with Gasteiger partial charge in [-0.05, 0) is 11.6 Å². The average Bonchev–Trinajstić information content (AvgIpc) is 2.46. The molecule has 0 bridgehead atoms. The molecule has 0 aliphatic heterocycles. The molecule has 6 nitrogen and oxygen atoms in total. The van der Waals surface area contributed by atoms with Crippen molar-refractivity contribution in [1.82, 2.24) is 5.43 Å². The van der Waals surface area contributed by atoms with Gasteiger partial charge in [0.15, 0.2) is 0 Å². The number of hydrogen-bond acceptors (Lipinski definition) is 4. The Bertz CT molecular complexity index is 614. The van der Waals surface area contributed by atoms with Gasteiger partial charge in [0.2, 0.25) is 5.91 Å². The Morgan fingerprint density at radius 2 is 1.70 bits per heavy atom. The van der Waals surface area contributed by atoms with Crippen molar-refractivity contribution in [3.8, 4) is 0 Å².